The molecule has 1 heterocycles. The molecule has 0 fully saturated rings. The molecule has 0 N–H and O–H groups in total. The molecule has 1 aliphatic rings. The lowest BCUT2D eigenvalue weighted by Gasteiger charge is -2.22. The number of hydrogen-bond acceptors (Lipinski definition) is 3. The van der Waals surface area contributed by atoms with Crippen LogP contribution in [0.15, 0.2) is 164 Å². The molecule has 3 heteroatoms. The minimum absolute atomic E-state index is 0.103. The van der Waals surface area contributed by atoms with Gasteiger partial charge in [-0.25, -0.2) is 15.0 Å². The molecule has 0 saturated heterocycles. The van der Waals surface area contributed by atoms with Crippen molar-refractivity contribution in [2.75, 3.05) is 0 Å². The molecule has 0 aliphatic heterocycles. The third-order valence-corrected chi connectivity index (χ3v) is 10.7. The Morgan fingerprint density at radius 2 is 0.843 bits per heavy atom. The van der Waals surface area contributed by atoms with Gasteiger partial charge in [-0.3, -0.25) is 0 Å². The minimum atomic E-state index is -0.103. The molecule has 0 amide bonds. The molecule has 10 rings (SSSR count). The molecule has 0 saturated carbocycles. The highest BCUT2D eigenvalue weighted by Gasteiger charge is 2.35. The van der Waals surface area contributed by atoms with Crippen molar-refractivity contribution in [3.8, 4) is 56.4 Å². The Hall–Kier alpha value is -6.45. The Morgan fingerprint density at radius 3 is 1.51 bits per heavy atom. The van der Waals surface area contributed by atoms with Gasteiger partial charge in [0.15, 0.2) is 17.5 Å². The van der Waals surface area contributed by atoms with Crippen LogP contribution in [0.25, 0.3) is 88.7 Å². The van der Waals surface area contributed by atoms with Crippen molar-refractivity contribution in [1.82, 2.24) is 15.0 Å². The molecule has 9 aromatic rings. The van der Waals surface area contributed by atoms with Crippen LogP contribution in [-0.4, -0.2) is 15.0 Å². The van der Waals surface area contributed by atoms with Crippen LogP contribution in [0.3, 0.4) is 0 Å². The second-order valence-electron chi connectivity index (χ2n) is 14.0. The van der Waals surface area contributed by atoms with Crippen LogP contribution in [0.1, 0.15) is 25.0 Å². The molecular weight excluding hydrogens is 619 g/mol. The SMILES string of the molecule is CC1(C)c2ccccc2-c2ccc(-c3cc(-c4nc(-c5ccccc5)nc(-c5ccccc5)n4)c4c5ccccc5c5ccccc5c4c3)cc21. The molecular formula is C48H33N3. The molecule has 1 aromatic heterocycles. The van der Waals surface area contributed by atoms with E-state index in [1.807, 2.05) is 36.4 Å². The van der Waals surface area contributed by atoms with Crippen molar-refractivity contribution in [2.45, 2.75) is 19.3 Å². The number of rotatable bonds is 4. The maximum absolute atomic E-state index is 5.26. The van der Waals surface area contributed by atoms with E-state index in [-0.39, 0.29) is 5.41 Å². The average molecular weight is 652 g/mol. The van der Waals surface area contributed by atoms with Crippen LogP contribution in [0.2, 0.25) is 0 Å². The third kappa shape index (κ3) is 4.62. The summed E-state index contributed by atoms with van der Waals surface area (Å²) < 4.78 is 0. The molecule has 0 atom stereocenters. The standard InChI is InChI=1S/C48H33N3/c1-48(2)42-24-14-13-22-37(42)38-26-25-32(29-43(38)48)33-27-40-36-21-10-9-19-34(36)35-20-11-12-23-39(35)44(40)41(28-33)47-50-45(30-15-5-3-6-16-30)49-46(51-47)31-17-7-4-8-18-31/h3-29H,1-2H3. The minimum Gasteiger partial charge on any atom is -0.208 e. The van der Waals surface area contributed by atoms with E-state index >= 15 is 0 Å². The van der Waals surface area contributed by atoms with Gasteiger partial charge in [0.1, 0.15) is 0 Å². The predicted molar refractivity (Wildman–Crippen MR) is 212 cm³/mol. The summed E-state index contributed by atoms with van der Waals surface area (Å²) in [5.41, 5.74) is 10.5. The Morgan fingerprint density at radius 1 is 0.333 bits per heavy atom. The molecule has 0 bridgehead atoms. The highest BCUT2D eigenvalue weighted by Crippen LogP contribution is 2.50. The van der Waals surface area contributed by atoms with Crippen molar-refractivity contribution in [3.05, 3.63) is 175 Å². The molecule has 3 nitrogen and oxygen atoms in total. The largest absolute Gasteiger partial charge is 0.208 e. The van der Waals surface area contributed by atoms with Crippen LogP contribution in [0, 0.1) is 0 Å². The van der Waals surface area contributed by atoms with E-state index in [4.69, 9.17) is 15.0 Å². The number of benzene rings is 8. The van der Waals surface area contributed by atoms with E-state index in [0.29, 0.717) is 17.5 Å². The predicted octanol–water partition coefficient (Wildman–Crippen LogP) is 12.3. The maximum atomic E-state index is 5.26. The van der Waals surface area contributed by atoms with Crippen LogP contribution in [0.5, 0.6) is 0 Å². The molecule has 0 radical (unpaired) electrons. The van der Waals surface area contributed by atoms with Gasteiger partial charge in [0, 0.05) is 27.5 Å². The first kappa shape index (κ1) is 29.5. The lowest BCUT2D eigenvalue weighted by Crippen LogP contribution is -2.14. The van der Waals surface area contributed by atoms with Crippen molar-refractivity contribution in [1.29, 1.82) is 0 Å². The zero-order chi connectivity index (χ0) is 34.1. The highest BCUT2D eigenvalue weighted by molar-refractivity contribution is 6.28. The molecule has 8 aromatic carbocycles. The van der Waals surface area contributed by atoms with Gasteiger partial charge >= 0.3 is 0 Å². The van der Waals surface area contributed by atoms with Crippen LogP contribution < -0.4 is 0 Å². The lowest BCUT2D eigenvalue weighted by atomic mass is 9.81. The summed E-state index contributed by atoms with van der Waals surface area (Å²) in [4.78, 5) is 15.5. The van der Waals surface area contributed by atoms with Crippen molar-refractivity contribution in [2.24, 2.45) is 0 Å². The summed E-state index contributed by atoms with van der Waals surface area (Å²) >= 11 is 0. The van der Waals surface area contributed by atoms with Crippen molar-refractivity contribution in [3.63, 3.8) is 0 Å². The zero-order valence-electron chi connectivity index (χ0n) is 28.4. The van der Waals surface area contributed by atoms with Gasteiger partial charge in [0.05, 0.1) is 0 Å². The van der Waals surface area contributed by atoms with E-state index < -0.39 is 0 Å². The van der Waals surface area contributed by atoms with Crippen molar-refractivity contribution >= 4 is 32.3 Å². The summed E-state index contributed by atoms with van der Waals surface area (Å²) in [6.07, 6.45) is 0. The van der Waals surface area contributed by atoms with E-state index in [2.05, 4.69) is 141 Å². The second-order valence-corrected chi connectivity index (χ2v) is 14.0. The number of aromatic nitrogens is 3. The quantitative estimate of drug-likeness (QED) is 0.178. The molecule has 240 valence electrons. The number of fused-ring (bicyclic) bond motifs is 9. The summed E-state index contributed by atoms with van der Waals surface area (Å²) in [5, 5.41) is 7.17. The van der Waals surface area contributed by atoms with E-state index in [0.717, 1.165) is 27.6 Å². The zero-order valence-corrected chi connectivity index (χ0v) is 28.4. The first-order valence-electron chi connectivity index (χ1n) is 17.5. The first-order valence-corrected chi connectivity index (χ1v) is 17.5. The van der Waals surface area contributed by atoms with E-state index in [1.54, 1.807) is 0 Å². The van der Waals surface area contributed by atoms with Gasteiger partial charge in [0.2, 0.25) is 0 Å². The maximum Gasteiger partial charge on any atom is 0.164 e. The number of nitrogens with zero attached hydrogens (tertiary/aromatic N) is 3. The Kier molecular flexibility index (Phi) is 6.53. The fraction of sp³-hybridized carbons (Fsp3) is 0.0625. The van der Waals surface area contributed by atoms with Gasteiger partial charge in [-0.05, 0) is 78.5 Å². The first-order chi connectivity index (χ1) is 25.0. The fourth-order valence-electron chi connectivity index (χ4n) is 8.19. The van der Waals surface area contributed by atoms with Crippen LogP contribution in [-0.2, 0) is 5.41 Å². The summed E-state index contributed by atoms with van der Waals surface area (Å²) in [6.45, 7) is 4.68. The van der Waals surface area contributed by atoms with E-state index in [9.17, 15) is 0 Å². The van der Waals surface area contributed by atoms with Crippen LogP contribution >= 0.6 is 0 Å². The monoisotopic (exact) mass is 651 g/mol. The average Bonchev–Trinajstić information content (AvgIpc) is 3.43. The molecule has 0 unspecified atom stereocenters. The summed E-state index contributed by atoms with van der Waals surface area (Å²) in [7, 11) is 0. The lowest BCUT2D eigenvalue weighted by molar-refractivity contribution is 0.660. The third-order valence-electron chi connectivity index (χ3n) is 10.7. The smallest absolute Gasteiger partial charge is 0.164 e. The van der Waals surface area contributed by atoms with Gasteiger partial charge in [-0.1, -0.05) is 159 Å². The second kappa shape index (κ2) is 11.3. The molecule has 1 aliphatic carbocycles. The van der Waals surface area contributed by atoms with Crippen LogP contribution in [0.4, 0.5) is 0 Å². The summed E-state index contributed by atoms with van der Waals surface area (Å²) in [6, 6.07) is 58.4. The van der Waals surface area contributed by atoms with Gasteiger partial charge in [-0.2, -0.15) is 0 Å². The van der Waals surface area contributed by atoms with Gasteiger partial charge < -0.3 is 0 Å². The topological polar surface area (TPSA) is 38.7 Å². The highest BCUT2D eigenvalue weighted by atomic mass is 15.0. The van der Waals surface area contributed by atoms with Gasteiger partial charge in [0.25, 0.3) is 0 Å². The summed E-state index contributed by atoms with van der Waals surface area (Å²) in [5.74, 6) is 1.96. The fourth-order valence-corrected chi connectivity index (χ4v) is 8.19. The Balaban J connectivity index is 1.31. The molecule has 51 heavy (non-hydrogen) atoms. The number of hydrogen-bond donors (Lipinski definition) is 0. The van der Waals surface area contributed by atoms with Crippen molar-refractivity contribution < 1.29 is 0 Å². The normalized spacial score (nSPS) is 13.1. The van der Waals surface area contributed by atoms with Gasteiger partial charge in [-0.15, -0.1) is 0 Å². The van der Waals surface area contributed by atoms with E-state index in [1.165, 1.54) is 54.7 Å². The Bertz CT molecular complexity index is 2760. The Labute approximate surface area is 297 Å². The molecule has 0 spiro atoms.